The zero-order valence-electron chi connectivity index (χ0n) is 14.4. The van der Waals surface area contributed by atoms with Crippen LogP contribution in [0.1, 0.15) is 19.8 Å². The van der Waals surface area contributed by atoms with Gasteiger partial charge in [-0.15, -0.1) is 24.0 Å². The number of methoxy groups -OCH3 is 1. The Morgan fingerprint density at radius 2 is 2.12 bits per heavy atom. The lowest BCUT2D eigenvalue weighted by molar-refractivity contribution is 0.197. The number of ether oxygens (including phenoxy) is 1. The first-order valence-corrected chi connectivity index (χ1v) is 9.06. The zero-order valence-corrected chi connectivity index (χ0v) is 18.3. The summed E-state index contributed by atoms with van der Waals surface area (Å²) in [6, 6.07) is 8.95. The Kier molecular flexibility index (Phi) is 10.7. The van der Waals surface area contributed by atoms with Gasteiger partial charge in [-0.2, -0.15) is 0 Å². The highest BCUT2D eigenvalue weighted by molar-refractivity contribution is 14.0. The molecule has 136 valence electrons. The summed E-state index contributed by atoms with van der Waals surface area (Å²) in [5.41, 5.74) is 1.28. The van der Waals surface area contributed by atoms with Gasteiger partial charge in [0, 0.05) is 56.1 Å². The van der Waals surface area contributed by atoms with E-state index in [2.05, 4.69) is 67.6 Å². The maximum absolute atomic E-state index is 5.07. The van der Waals surface area contributed by atoms with Gasteiger partial charge >= 0.3 is 0 Å². The van der Waals surface area contributed by atoms with E-state index in [0.29, 0.717) is 6.04 Å². The van der Waals surface area contributed by atoms with E-state index < -0.39 is 0 Å². The average Bonchev–Trinajstić information content (AvgIpc) is 3.01. The fourth-order valence-electron chi connectivity index (χ4n) is 2.68. The van der Waals surface area contributed by atoms with Gasteiger partial charge in [-0.05, 0) is 44.0 Å². The summed E-state index contributed by atoms with van der Waals surface area (Å²) in [7, 11) is 1.72. The van der Waals surface area contributed by atoms with Crippen molar-refractivity contribution < 1.29 is 4.74 Å². The molecule has 1 heterocycles. The first-order valence-electron chi connectivity index (χ1n) is 8.27. The third kappa shape index (κ3) is 7.14. The fourth-order valence-corrected chi connectivity index (χ4v) is 2.94. The summed E-state index contributed by atoms with van der Waals surface area (Å²) in [5, 5.41) is 6.87. The third-order valence-electron chi connectivity index (χ3n) is 3.84. The summed E-state index contributed by atoms with van der Waals surface area (Å²) in [6.07, 6.45) is 2.07. The Morgan fingerprint density at radius 1 is 1.38 bits per heavy atom. The molecule has 0 spiro atoms. The van der Waals surface area contributed by atoms with Crippen molar-refractivity contribution in [3.05, 3.63) is 28.7 Å². The molecule has 1 saturated heterocycles. The summed E-state index contributed by atoms with van der Waals surface area (Å²) in [6.45, 7) is 6.58. The number of aliphatic imine (C=N–C) groups is 1. The van der Waals surface area contributed by atoms with Gasteiger partial charge in [0.05, 0.1) is 0 Å². The maximum Gasteiger partial charge on any atom is 0.191 e. The Bertz CT molecular complexity index is 498. The fraction of sp³-hybridized carbons (Fsp3) is 0.588. The van der Waals surface area contributed by atoms with Crippen molar-refractivity contribution in [2.24, 2.45) is 4.99 Å². The van der Waals surface area contributed by atoms with Crippen LogP contribution in [0.2, 0.25) is 0 Å². The van der Waals surface area contributed by atoms with Gasteiger partial charge in [0.25, 0.3) is 0 Å². The van der Waals surface area contributed by atoms with Gasteiger partial charge in [0.15, 0.2) is 5.96 Å². The Labute approximate surface area is 170 Å². The molecule has 1 aliphatic rings. The van der Waals surface area contributed by atoms with E-state index >= 15 is 0 Å². The van der Waals surface area contributed by atoms with Crippen LogP contribution in [0, 0.1) is 0 Å². The van der Waals surface area contributed by atoms with Crippen LogP contribution < -0.4 is 15.5 Å². The standard InChI is InChI=1S/C17H27BrN4O.HI/c1-3-19-17(20-10-4-12-23-2)21-15-9-11-22(13-15)16-7-5-14(18)6-8-16;/h5-8,15H,3-4,9-13H2,1-2H3,(H2,19,20,21);1H. The second-order valence-corrected chi connectivity index (χ2v) is 6.58. The summed E-state index contributed by atoms with van der Waals surface area (Å²) in [4.78, 5) is 7.03. The van der Waals surface area contributed by atoms with Crippen molar-refractivity contribution >= 4 is 51.6 Å². The Balaban J connectivity index is 0.00000288. The molecule has 1 aromatic carbocycles. The molecule has 2 rings (SSSR count). The zero-order chi connectivity index (χ0) is 16.5. The van der Waals surface area contributed by atoms with Crippen molar-refractivity contribution in [2.75, 3.05) is 44.8 Å². The van der Waals surface area contributed by atoms with Crippen LogP contribution in [0.25, 0.3) is 0 Å². The van der Waals surface area contributed by atoms with Gasteiger partial charge in [0.2, 0.25) is 0 Å². The molecule has 0 radical (unpaired) electrons. The summed E-state index contributed by atoms with van der Waals surface area (Å²) < 4.78 is 6.19. The molecular formula is C17H28BrIN4O. The molecule has 0 bridgehead atoms. The van der Waals surface area contributed by atoms with Crippen LogP contribution >= 0.6 is 39.9 Å². The van der Waals surface area contributed by atoms with E-state index in [9.17, 15) is 0 Å². The number of nitrogens with one attached hydrogen (secondary N) is 2. The number of guanidine groups is 1. The quantitative estimate of drug-likeness (QED) is 0.256. The Hall–Kier alpha value is -0.540. The second-order valence-electron chi connectivity index (χ2n) is 5.66. The SMILES string of the molecule is CCNC(=NCCCOC)NC1CCN(c2ccc(Br)cc2)C1.I. The molecular weight excluding hydrogens is 483 g/mol. The first kappa shape index (κ1) is 21.5. The average molecular weight is 511 g/mol. The Morgan fingerprint density at radius 3 is 2.79 bits per heavy atom. The van der Waals surface area contributed by atoms with Gasteiger partial charge in [-0.3, -0.25) is 4.99 Å². The molecule has 1 unspecified atom stereocenters. The lowest BCUT2D eigenvalue weighted by Gasteiger charge is -2.20. The van der Waals surface area contributed by atoms with E-state index in [4.69, 9.17) is 4.74 Å². The molecule has 0 aromatic heterocycles. The predicted octanol–water partition coefficient (Wildman–Crippen LogP) is 3.24. The predicted molar refractivity (Wildman–Crippen MR) is 116 cm³/mol. The van der Waals surface area contributed by atoms with Crippen LogP contribution in [0.15, 0.2) is 33.7 Å². The molecule has 0 aliphatic carbocycles. The smallest absolute Gasteiger partial charge is 0.191 e. The number of nitrogens with zero attached hydrogens (tertiary/aromatic N) is 2. The van der Waals surface area contributed by atoms with Crippen LogP contribution in [0.3, 0.4) is 0 Å². The highest BCUT2D eigenvalue weighted by Gasteiger charge is 2.23. The highest BCUT2D eigenvalue weighted by atomic mass is 127. The molecule has 1 aromatic rings. The van der Waals surface area contributed by atoms with Gasteiger partial charge in [-0.25, -0.2) is 0 Å². The summed E-state index contributed by atoms with van der Waals surface area (Å²) in [5.74, 6) is 0.909. The monoisotopic (exact) mass is 510 g/mol. The molecule has 1 fully saturated rings. The number of hydrogen-bond donors (Lipinski definition) is 2. The van der Waals surface area contributed by atoms with Gasteiger partial charge in [0.1, 0.15) is 0 Å². The topological polar surface area (TPSA) is 48.9 Å². The molecule has 0 saturated carbocycles. The summed E-state index contributed by atoms with van der Waals surface area (Å²) >= 11 is 3.49. The number of rotatable bonds is 7. The number of hydrogen-bond acceptors (Lipinski definition) is 3. The second kappa shape index (κ2) is 11.9. The van der Waals surface area contributed by atoms with E-state index in [1.54, 1.807) is 7.11 Å². The van der Waals surface area contributed by atoms with E-state index in [1.807, 2.05) is 0 Å². The molecule has 1 atom stereocenters. The largest absolute Gasteiger partial charge is 0.385 e. The van der Waals surface area contributed by atoms with Gasteiger partial charge < -0.3 is 20.3 Å². The van der Waals surface area contributed by atoms with Crippen LogP contribution in [-0.4, -0.2) is 51.9 Å². The molecule has 2 N–H and O–H groups in total. The first-order chi connectivity index (χ1) is 11.2. The minimum atomic E-state index is 0. The van der Waals surface area contributed by atoms with Crippen molar-refractivity contribution in [1.82, 2.24) is 10.6 Å². The van der Waals surface area contributed by atoms with Crippen molar-refractivity contribution in [2.45, 2.75) is 25.8 Å². The van der Waals surface area contributed by atoms with Crippen molar-refractivity contribution in [3.63, 3.8) is 0 Å². The molecule has 7 heteroatoms. The molecule has 5 nitrogen and oxygen atoms in total. The van der Waals surface area contributed by atoms with Crippen LogP contribution in [0.4, 0.5) is 5.69 Å². The van der Waals surface area contributed by atoms with Gasteiger partial charge in [-0.1, -0.05) is 15.9 Å². The van der Waals surface area contributed by atoms with Crippen LogP contribution in [-0.2, 0) is 4.74 Å². The third-order valence-corrected chi connectivity index (χ3v) is 4.37. The molecule has 24 heavy (non-hydrogen) atoms. The van der Waals surface area contributed by atoms with E-state index in [1.165, 1.54) is 5.69 Å². The normalized spacial score (nSPS) is 17.5. The number of halogens is 2. The highest BCUT2D eigenvalue weighted by Crippen LogP contribution is 2.22. The van der Waals surface area contributed by atoms with Crippen LogP contribution in [0.5, 0.6) is 0 Å². The molecule has 0 amide bonds. The number of anilines is 1. The van der Waals surface area contributed by atoms with Crippen molar-refractivity contribution in [3.8, 4) is 0 Å². The number of benzene rings is 1. The minimum absolute atomic E-state index is 0. The van der Waals surface area contributed by atoms with E-state index in [-0.39, 0.29) is 24.0 Å². The van der Waals surface area contributed by atoms with Crippen molar-refractivity contribution in [1.29, 1.82) is 0 Å². The van der Waals surface area contributed by atoms with E-state index in [0.717, 1.165) is 56.1 Å². The lowest BCUT2D eigenvalue weighted by Crippen LogP contribution is -2.44. The minimum Gasteiger partial charge on any atom is -0.385 e. The molecule has 1 aliphatic heterocycles. The lowest BCUT2D eigenvalue weighted by atomic mass is 10.3. The maximum atomic E-state index is 5.07.